The topological polar surface area (TPSA) is 33.2 Å². The van der Waals surface area contributed by atoms with Crippen LogP contribution in [0.25, 0.3) is 11.3 Å². The maximum atomic E-state index is 11.7. The average molecular weight is 295 g/mol. The monoisotopic (exact) mass is 294 g/mol. The van der Waals surface area contributed by atoms with Crippen LogP contribution in [0.3, 0.4) is 0 Å². The lowest BCUT2D eigenvalue weighted by molar-refractivity contribution is -0.116. The second-order valence-corrected chi connectivity index (χ2v) is 5.26. The number of hydrogen-bond acceptors (Lipinski definition) is 3. The van der Waals surface area contributed by atoms with Crippen molar-refractivity contribution in [2.75, 3.05) is 17.3 Å². The lowest BCUT2D eigenvalue weighted by Crippen LogP contribution is -2.31. The van der Waals surface area contributed by atoms with Crippen molar-refractivity contribution >= 4 is 34.0 Å². The molecule has 1 aromatic carbocycles. The number of carbonyl (C=O) groups excluding carboxylic acids is 1. The summed E-state index contributed by atoms with van der Waals surface area (Å²) >= 11 is 7.06. The maximum Gasteiger partial charge on any atom is 0.243 e. The highest BCUT2D eigenvalue weighted by atomic mass is 35.5. The summed E-state index contributed by atoms with van der Waals surface area (Å²) in [5.74, 6) is -0.137. The molecule has 1 amide bonds. The maximum absolute atomic E-state index is 11.7. The van der Waals surface area contributed by atoms with Crippen molar-refractivity contribution in [3.05, 3.63) is 35.2 Å². The number of aryl methyl sites for hydroxylation is 1. The summed E-state index contributed by atoms with van der Waals surface area (Å²) in [4.78, 5) is 17.8. The van der Waals surface area contributed by atoms with E-state index in [1.54, 1.807) is 4.90 Å². The zero-order valence-corrected chi connectivity index (χ0v) is 12.5. The van der Waals surface area contributed by atoms with E-state index < -0.39 is 0 Å². The van der Waals surface area contributed by atoms with Gasteiger partial charge in [-0.3, -0.25) is 9.69 Å². The molecule has 0 radical (unpaired) electrons. The summed E-state index contributed by atoms with van der Waals surface area (Å²) in [6.45, 7) is 4.54. The first-order chi connectivity index (χ1) is 9.15. The molecule has 0 aliphatic rings. The van der Waals surface area contributed by atoms with Crippen LogP contribution in [-0.2, 0) is 4.79 Å². The number of rotatable bonds is 4. The lowest BCUT2D eigenvalue weighted by Gasteiger charge is -2.15. The molecule has 0 spiro atoms. The predicted octanol–water partition coefficient (Wildman–Crippen LogP) is 3.71. The molecule has 5 heteroatoms. The third-order valence-corrected chi connectivity index (χ3v) is 3.89. The van der Waals surface area contributed by atoms with Gasteiger partial charge in [0, 0.05) is 17.5 Å². The Labute approximate surface area is 121 Å². The number of amides is 1. The fraction of sp³-hybridized carbons (Fsp3) is 0.286. The molecule has 3 nitrogen and oxygen atoms in total. The molecule has 0 unspecified atom stereocenters. The van der Waals surface area contributed by atoms with Gasteiger partial charge in [-0.1, -0.05) is 29.8 Å². The number of thiazole rings is 1. The molecule has 0 fully saturated rings. The molecule has 2 aromatic rings. The fourth-order valence-corrected chi connectivity index (χ4v) is 2.79. The molecule has 2 rings (SSSR count). The summed E-state index contributed by atoms with van der Waals surface area (Å²) in [6.07, 6.45) is 0. The first-order valence-corrected chi connectivity index (χ1v) is 7.46. The van der Waals surface area contributed by atoms with Crippen molar-refractivity contribution in [3.63, 3.8) is 0 Å². The number of anilines is 1. The Balaban J connectivity index is 2.27. The van der Waals surface area contributed by atoms with E-state index in [1.807, 2.05) is 31.4 Å². The number of hydrogen-bond donors (Lipinski definition) is 0. The molecule has 0 saturated heterocycles. The third kappa shape index (κ3) is 3.14. The van der Waals surface area contributed by atoms with Gasteiger partial charge in [0.15, 0.2) is 5.13 Å². The van der Waals surface area contributed by atoms with E-state index >= 15 is 0 Å². The Bertz CT molecular complexity index is 565. The Morgan fingerprint density at radius 2 is 2.05 bits per heavy atom. The Kier molecular flexibility index (Phi) is 4.56. The van der Waals surface area contributed by atoms with E-state index in [4.69, 9.17) is 11.6 Å². The fourth-order valence-electron chi connectivity index (χ4n) is 1.74. The molecule has 19 heavy (non-hydrogen) atoms. The lowest BCUT2D eigenvalue weighted by atomic mass is 10.1. The van der Waals surface area contributed by atoms with Crippen LogP contribution in [0.15, 0.2) is 29.6 Å². The van der Waals surface area contributed by atoms with E-state index in [1.165, 1.54) is 16.9 Å². The third-order valence-electron chi connectivity index (χ3n) is 2.80. The zero-order valence-electron chi connectivity index (χ0n) is 10.9. The number of halogens is 1. The van der Waals surface area contributed by atoms with Crippen molar-refractivity contribution in [3.8, 4) is 11.3 Å². The minimum atomic E-state index is -0.117. The van der Waals surface area contributed by atoms with Gasteiger partial charge in [0.1, 0.15) is 5.88 Å². The van der Waals surface area contributed by atoms with Gasteiger partial charge in [-0.05, 0) is 13.8 Å². The highest BCUT2D eigenvalue weighted by molar-refractivity contribution is 7.14. The smallest absolute Gasteiger partial charge is 0.243 e. The number of alkyl halides is 1. The summed E-state index contributed by atoms with van der Waals surface area (Å²) in [6, 6.07) is 8.17. The second kappa shape index (κ2) is 6.17. The molecule has 0 aliphatic carbocycles. The van der Waals surface area contributed by atoms with Gasteiger partial charge < -0.3 is 0 Å². The molecule has 1 aromatic heterocycles. The Hall–Kier alpha value is -1.39. The second-order valence-electron chi connectivity index (χ2n) is 4.15. The molecule has 0 atom stereocenters. The highest BCUT2D eigenvalue weighted by Crippen LogP contribution is 2.27. The van der Waals surface area contributed by atoms with Gasteiger partial charge in [-0.25, -0.2) is 4.98 Å². The van der Waals surface area contributed by atoms with Crippen LogP contribution in [0, 0.1) is 6.92 Å². The summed E-state index contributed by atoms with van der Waals surface area (Å²) < 4.78 is 0. The van der Waals surface area contributed by atoms with Crippen LogP contribution in [0.4, 0.5) is 5.13 Å². The van der Waals surface area contributed by atoms with Gasteiger partial charge >= 0.3 is 0 Å². The number of benzene rings is 1. The van der Waals surface area contributed by atoms with Crippen LogP contribution in [0.2, 0.25) is 0 Å². The van der Waals surface area contributed by atoms with Gasteiger partial charge in [0.25, 0.3) is 0 Å². The van der Waals surface area contributed by atoms with Gasteiger partial charge in [0.05, 0.1) is 5.69 Å². The minimum Gasteiger partial charge on any atom is -0.287 e. The van der Waals surface area contributed by atoms with Gasteiger partial charge in [-0.15, -0.1) is 22.9 Å². The normalized spacial score (nSPS) is 10.5. The average Bonchev–Trinajstić information content (AvgIpc) is 2.89. The van der Waals surface area contributed by atoms with Crippen molar-refractivity contribution in [2.24, 2.45) is 0 Å². The molecule has 1 heterocycles. The SMILES string of the molecule is CCN(C(=O)CCl)c1nc(-c2ccc(C)cc2)cs1. The summed E-state index contributed by atoms with van der Waals surface area (Å²) in [7, 11) is 0. The highest BCUT2D eigenvalue weighted by Gasteiger charge is 2.16. The van der Waals surface area contributed by atoms with Crippen LogP contribution < -0.4 is 4.90 Å². The molecular formula is C14H15ClN2OS. The van der Waals surface area contributed by atoms with Crippen molar-refractivity contribution in [1.82, 2.24) is 4.98 Å². The Morgan fingerprint density at radius 3 is 2.63 bits per heavy atom. The molecule has 0 N–H and O–H groups in total. The first-order valence-electron chi connectivity index (χ1n) is 6.04. The van der Waals surface area contributed by atoms with E-state index in [0.717, 1.165) is 11.3 Å². The first kappa shape index (κ1) is 14.0. The predicted molar refractivity (Wildman–Crippen MR) is 81.0 cm³/mol. The van der Waals surface area contributed by atoms with E-state index in [2.05, 4.69) is 17.1 Å². The zero-order chi connectivity index (χ0) is 13.8. The van der Waals surface area contributed by atoms with Crippen molar-refractivity contribution in [2.45, 2.75) is 13.8 Å². The Morgan fingerprint density at radius 1 is 1.37 bits per heavy atom. The number of aromatic nitrogens is 1. The number of carbonyl (C=O) groups is 1. The van der Waals surface area contributed by atoms with Gasteiger partial charge in [-0.2, -0.15) is 0 Å². The van der Waals surface area contributed by atoms with Crippen LogP contribution in [0.5, 0.6) is 0 Å². The van der Waals surface area contributed by atoms with Crippen LogP contribution in [0.1, 0.15) is 12.5 Å². The van der Waals surface area contributed by atoms with E-state index in [0.29, 0.717) is 11.7 Å². The standard InChI is InChI=1S/C14H15ClN2OS/c1-3-17(13(18)8-15)14-16-12(9-19-14)11-6-4-10(2)5-7-11/h4-7,9H,3,8H2,1-2H3. The molecule has 0 saturated carbocycles. The van der Waals surface area contributed by atoms with Crippen LogP contribution in [-0.4, -0.2) is 23.3 Å². The largest absolute Gasteiger partial charge is 0.287 e. The van der Waals surface area contributed by atoms with Crippen molar-refractivity contribution in [1.29, 1.82) is 0 Å². The van der Waals surface area contributed by atoms with E-state index in [-0.39, 0.29) is 11.8 Å². The molecule has 0 bridgehead atoms. The quantitative estimate of drug-likeness (QED) is 0.805. The van der Waals surface area contributed by atoms with Crippen LogP contribution >= 0.6 is 22.9 Å². The molecular weight excluding hydrogens is 280 g/mol. The molecule has 100 valence electrons. The summed E-state index contributed by atoms with van der Waals surface area (Å²) in [5, 5.41) is 2.66. The van der Waals surface area contributed by atoms with Crippen molar-refractivity contribution < 1.29 is 4.79 Å². The van der Waals surface area contributed by atoms with E-state index in [9.17, 15) is 4.79 Å². The number of nitrogens with zero attached hydrogens (tertiary/aromatic N) is 2. The summed E-state index contributed by atoms with van der Waals surface area (Å²) in [5.41, 5.74) is 3.16. The molecule has 0 aliphatic heterocycles. The van der Waals surface area contributed by atoms with Gasteiger partial charge in [0.2, 0.25) is 5.91 Å². The minimum absolute atomic E-state index is 0.0206.